The van der Waals surface area contributed by atoms with E-state index in [1.54, 1.807) is 0 Å². The first-order valence-corrected chi connectivity index (χ1v) is 10.4. The second-order valence-corrected chi connectivity index (χ2v) is 9.88. The average molecular weight is 274 g/mol. The number of nitrogens with zero attached hydrogens (tertiary/aromatic N) is 1. The molecule has 0 bridgehead atoms. The van der Waals surface area contributed by atoms with Crippen molar-refractivity contribution < 1.29 is 4.43 Å². The number of rotatable bonds is 12. The summed E-state index contributed by atoms with van der Waals surface area (Å²) in [5, 5.41) is 0. The molecule has 0 aromatic carbocycles. The zero-order valence-corrected chi connectivity index (χ0v) is 14.4. The third-order valence-corrected chi connectivity index (χ3v) is 8.36. The van der Waals surface area contributed by atoms with Gasteiger partial charge in [-0.15, -0.1) is 0 Å². The van der Waals surface area contributed by atoms with E-state index < -0.39 is 8.32 Å². The first kappa shape index (κ1) is 18.1. The topological polar surface area (TPSA) is 12.5 Å². The summed E-state index contributed by atoms with van der Waals surface area (Å²) in [6.07, 6.45) is 6.64. The van der Waals surface area contributed by atoms with E-state index in [0.717, 1.165) is 6.61 Å². The fourth-order valence-corrected chi connectivity index (χ4v) is 7.21. The predicted molar refractivity (Wildman–Crippen MR) is 84.8 cm³/mol. The van der Waals surface area contributed by atoms with Crippen molar-refractivity contribution in [2.75, 3.05) is 27.2 Å². The molecule has 0 aliphatic rings. The summed E-state index contributed by atoms with van der Waals surface area (Å²) in [6, 6.07) is 4.12. The van der Waals surface area contributed by atoms with Gasteiger partial charge in [-0.05, 0) is 52.1 Å². The highest BCUT2D eigenvalue weighted by molar-refractivity contribution is 6.73. The van der Waals surface area contributed by atoms with Gasteiger partial charge in [0.1, 0.15) is 0 Å². The van der Waals surface area contributed by atoms with E-state index in [2.05, 4.69) is 39.8 Å². The third kappa shape index (κ3) is 8.28. The van der Waals surface area contributed by atoms with Crippen LogP contribution in [-0.2, 0) is 4.43 Å². The van der Waals surface area contributed by atoms with Crippen LogP contribution >= 0.6 is 0 Å². The van der Waals surface area contributed by atoms with Crippen molar-refractivity contribution in [1.29, 1.82) is 0 Å². The van der Waals surface area contributed by atoms with E-state index in [1.165, 1.54) is 56.8 Å². The van der Waals surface area contributed by atoms with Crippen LogP contribution in [-0.4, -0.2) is 40.5 Å². The highest BCUT2D eigenvalue weighted by atomic mass is 28.4. The van der Waals surface area contributed by atoms with Crippen LogP contribution in [0.3, 0.4) is 0 Å². The second kappa shape index (κ2) is 11.0. The molecule has 0 radical (unpaired) electrons. The summed E-state index contributed by atoms with van der Waals surface area (Å²) in [6.45, 7) is 8.89. The maximum absolute atomic E-state index is 6.34. The van der Waals surface area contributed by atoms with Crippen LogP contribution in [0.2, 0.25) is 18.1 Å². The summed E-state index contributed by atoms with van der Waals surface area (Å²) in [5.41, 5.74) is 0. The normalized spacial score (nSPS) is 12.3. The van der Waals surface area contributed by atoms with Gasteiger partial charge in [-0.1, -0.05) is 39.5 Å². The van der Waals surface area contributed by atoms with Crippen molar-refractivity contribution in [1.82, 2.24) is 4.90 Å². The predicted octanol–water partition coefficient (Wildman–Crippen LogP) is 4.52. The number of hydrogen-bond acceptors (Lipinski definition) is 2. The lowest BCUT2D eigenvalue weighted by molar-refractivity contribution is 0.311. The standard InChI is InChI=1S/C15H35NOSi/c1-6-9-13-18(17-8-3,14-10-7-2)15-11-12-16(4)5/h6-15H2,1-5H3. The number of hydrogen-bond donors (Lipinski definition) is 0. The molecule has 0 aliphatic heterocycles. The molecule has 0 spiro atoms. The maximum atomic E-state index is 6.34. The monoisotopic (exact) mass is 273 g/mol. The van der Waals surface area contributed by atoms with Crippen LogP contribution in [0, 0.1) is 0 Å². The molecule has 0 atom stereocenters. The van der Waals surface area contributed by atoms with Gasteiger partial charge in [0.15, 0.2) is 8.32 Å². The molecular formula is C15H35NOSi. The van der Waals surface area contributed by atoms with Crippen molar-refractivity contribution in [3.05, 3.63) is 0 Å². The fraction of sp³-hybridized carbons (Fsp3) is 1.00. The van der Waals surface area contributed by atoms with Gasteiger partial charge in [-0.25, -0.2) is 0 Å². The van der Waals surface area contributed by atoms with Gasteiger partial charge < -0.3 is 9.33 Å². The van der Waals surface area contributed by atoms with Crippen molar-refractivity contribution in [2.24, 2.45) is 0 Å². The van der Waals surface area contributed by atoms with Crippen molar-refractivity contribution >= 4 is 8.32 Å². The lowest BCUT2D eigenvalue weighted by atomic mass is 10.4. The smallest absolute Gasteiger partial charge is 0.192 e. The van der Waals surface area contributed by atoms with Crippen LogP contribution in [0.4, 0.5) is 0 Å². The molecule has 0 amide bonds. The molecule has 0 rings (SSSR count). The van der Waals surface area contributed by atoms with Gasteiger partial charge in [-0.2, -0.15) is 0 Å². The molecule has 110 valence electrons. The largest absolute Gasteiger partial charge is 0.417 e. The molecule has 18 heavy (non-hydrogen) atoms. The lowest BCUT2D eigenvalue weighted by Gasteiger charge is -2.32. The van der Waals surface area contributed by atoms with Gasteiger partial charge in [0.25, 0.3) is 0 Å². The Morgan fingerprint density at radius 3 is 1.72 bits per heavy atom. The summed E-state index contributed by atoms with van der Waals surface area (Å²) in [7, 11) is 2.91. The van der Waals surface area contributed by atoms with Gasteiger partial charge >= 0.3 is 0 Å². The molecular weight excluding hydrogens is 238 g/mol. The van der Waals surface area contributed by atoms with E-state index in [9.17, 15) is 0 Å². The Hall–Kier alpha value is 0.137. The van der Waals surface area contributed by atoms with Crippen LogP contribution in [0.1, 0.15) is 52.9 Å². The van der Waals surface area contributed by atoms with Gasteiger partial charge in [-0.3, -0.25) is 0 Å². The van der Waals surface area contributed by atoms with E-state index in [0.29, 0.717) is 0 Å². The zero-order chi connectivity index (χ0) is 13.9. The Kier molecular flexibility index (Phi) is 11.1. The van der Waals surface area contributed by atoms with Crippen molar-refractivity contribution in [3.8, 4) is 0 Å². The summed E-state index contributed by atoms with van der Waals surface area (Å²) >= 11 is 0. The minimum Gasteiger partial charge on any atom is -0.417 e. The van der Waals surface area contributed by atoms with E-state index in [4.69, 9.17) is 4.43 Å². The maximum Gasteiger partial charge on any atom is 0.192 e. The van der Waals surface area contributed by atoms with Gasteiger partial charge in [0.2, 0.25) is 0 Å². The Bertz CT molecular complexity index is 177. The van der Waals surface area contributed by atoms with Crippen LogP contribution in [0.5, 0.6) is 0 Å². The molecule has 0 saturated carbocycles. The Morgan fingerprint density at radius 2 is 1.33 bits per heavy atom. The van der Waals surface area contributed by atoms with E-state index >= 15 is 0 Å². The molecule has 0 fully saturated rings. The highest BCUT2D eigenvalue weighted by Gasteiger charge is 2.32. The summed E-state index contributed by atoms with van der Waals surface area (Å²) in [5.74, 6) is 0. The minimum atomic E-state index is -1.43. The molecule has 0 unspecified atom stereocenters. The van der Waals surface area contributed by atoms with Crippen LogP contribution < -0.4 is 0 Å². The van der Waals surface area contributed by atoms with Gasteiger partial charge in [0.05, 0.1) is 0 Å². The molecule has 2 nitrogen and oxygen atoms in total. The van der Waals surface area contributed by atoms with Crippen molar-refractivity contribution in [3.63, 3.8) is 0 Å². The number of unbranched alkanes of at least 4 members (excludes halogenated alkanes) is 2. The van der Waals surface area contributed by atoms with E-state index in [-0.39, 0.29) is 0 Å². The highest BCUT2D eigenvalue weighted by Crippen LogP contribution is 2.28. The second-order valence-electron chi connectivity index (χ2n) is 5.73. The molecule has 0 heterocycles. The lowest BCUT2D eigenvalue weighted by Crippen LogP contribution is -2.38. The van der Waals surface area contributed by atoms with E-state index in [1.807, 2.05) is 0 Å². The van der Waals surface area contributed by atoms with Gasteiger partial charge in [0, 0.05) is 6.61 Å². The summed E-state index contributed by atoms with van der Waals surface area (Å²) < 4.78 is 6.34. The SMILES string of the molecule is CCCC[Si](CCCC)(CCCN(C)C)OCC. The first-order valence-electron chi connectivity index (χ1n) is 7.89. The Morgan fingerprint density at radius 1 is 0.833 bits per heavy atom. The van der Waals surface area contributed by atoms with Crippen LogP contribution in [0.15, 0.2) is 0 Å². The minimum absolute atomic E-state index is 0.918. The molecule has 0 saturated heterocycles. The molecule has 0 aliphatic carbocycles. The third-order valence-electron chi connectivity index (χ3n) is 3.66. The molecule has 3 heteroatoms. The van der Waals surface area contributed by atoms with Crippen molar-refractivity contribution in [2.45, 2.75) is 71.0 Å². The zero-order valence-electron chi connectivity index (χ0n) is 13.4. The molecule has 0 aromatic heterocycles. The van der Waals surface area contributed by atoms with Crippen LogP contribution in [0.25, 0.3) is 0 Å². The first-order chi connectivity index (χ1) is 8.60. The molecule has 0 N–H and O–H groups in total. The fourth-order valence-electron chi connectivity index (χ4n) is 2.61. The average Bonchev–Trinajstić information content (AvgIpc) is 2.33. The molecule has 0 aromatic rings. The summed E-state index contributed by atoms with van der Waals surface area (Å²) in [4.78, 5) is 2.30. The quantitative estimate of drug-likeness (QED) is 0.485. The Balaban J connectivity index is 4.38. The Labute approximate surface area is 116 Å².